The summed E-state index contributed by atoms with van der Waals surface area (Å²) in [5.41, 5.74) is 0. The molecule has 53 valence electrons. The zero-order valence-corrected chi connectivity index (χ0v) is 5.55. The van der Waals surface area contributed by atoms with Crippen LogP contribution in [0.15, 0.2) is 0 Å². The van der Waals surface area contributed by atoms with Gasteiger partial charge in [-0.2, -0.15) is 0 Å². The van der Waals surface area contributed by atoms with E-state index in [0.717, 1.165) is 0 Å². The lowest BCUT2D eigenvalue weighted by Crippen LogP contribution is -2.02. The highest BCUT2D eigenvalue weighted by atomic mass is 16.5. The molecule has 0 aliphatic heterocycles. The topological polar surface area (TPSA) is 35.5 Å². The molecule has 0 atom stereocenters. The van der Waals surface area contributed by atoms with E-state index < -0.39 is 0 Å². The third-order valence-electron chi connectivity index (χ3n) is 0.738. The fourth-order valence-electron chi connectivity index (χ4n) is 0.377. The Morgan fingerprint density at radius 3 is 2.67 bits per heavy atom. The maximum Gasteiger partial charge on any atom is 0.302 e. The Labute approximate surface area is 55.0 Å². The van der Waals surface area contributed by atoms with Gasteiger partial charge < -0.3 is 9.47 Å². The minimum Gasteiger partial charge on any atom is -0.466 e. The molecule has 0 saturated carbocycles. The summed E-state index contributed by atoms with van der Waals surface area (Å²) >= 11 is 0. The standard InChI is InChI=1S/C6H11O3/c1-6(7)9-5-3-4-8-2/h2-5H2,1H3. The normalized spacial score (nSPS) is 9.11. The Morgan fingerprint density at radius 1 is 1.56 bits per heavy atom. The molecule has 0 aromatic rings. The van der Waals surface area contributed by atoms with Gasteiger partial charge in [0.2, 0.25) is 0 Å². The molecule has 0 fully saturated rings. The van der Waals surface area contributed by atoms with E-state index in [1.807, 2.05) is 0 Å². The van der Waals surface area contributed by atoms with Crippen molar-refractivity contribution in [1.29, 1.82) is 0 Å². The summed E-state index contributed by atoms with van der Waals surface area (Å²) in [6, 6.07) is 0. The van der Waals surface area contributed by atoms with Crippen LogP contribution in [0.5, 0.6) is 0 Å². The van der Waals surface area contributed by atoms with E-state index in [1.165, 1.54) is 6.92 Å². The second-order valence-corrected chi connectivity index (χ2v) is 1.60. The predicted octanol–water partition coefficient (Wildman–Crippen LogP) is 0.748. The molecule has 0 N–H and O–H groups in total. The lowest BCUT2D eigenvalue weighted by molar-refractivity contribution is -0.141. The van der Waals surface area contributed by atoms with Crippen molar-refractivity contribution >= 4 is 5.97 Å². The molecule has 0 aliphatic rings. The molecule has 9 heavy (non-hydrogen) atoms. The van der Waals surface area contributed by atoms with Gasteiger partial charge in [0.05, 0.1) is 13.7 Å². The maximum atomic E-state index is 10.1. The molecule has 1 radical (unpaired) electrons. The largest absolute Gasteiger partial charge is 0.466 e. The van der Waals surface area contributed by atoms with Gasteiger partial charge in [-0.1, -0.05) is 0 Å². The van der Waals surface area contributed by atoms with E-state index in [-0.39, 0.29) is 5.97 Å². The lowest BCUT2D eigenvalue weighted by atomic mass is 10.5. The molecule has 0 saturated heterocycles. The number of rotatable bonds is 4. The van der Waals surface area contributed by atoms with Crippen molar-refractivity contribution in [2.24, 2.45) is 0 Å². The van der Waals surface area contributed by atoms with Gasteiger partial charge >= 0.3 is 5.97 Å². The molecule has 0 unspecified atom stereocenters. The first kappa shape index (κ1) is 8.43. The first-order valence-electron chi connectivity index (χ1n) is 2.77. The molecule has 0 aromatic heterocycles. The van der Waals surface area contributed by atoms with Gasteiger partial charge in [0.1, 0.15) is 0 Å². The molecule has 0 heterocycles. The highest BCUT2D eigenvalue weighted by Gasteiger charge is 1.90. The molecular weight excluding hydrogens is 120 g/mol. The van der Waals surface area contributed by atoms with Crippen LogP contribution in [0.25, 0.3) is 0 Å². The van der Waals surface area contributed by atoms with Gasteiger partial charge in [-0.15, -0.1) is 0 Å². The minimum absolute atomic E-state index is 0.251. The van der Waals surface area contributed by atoms with Crippen molar-refractivity contribution in [3.05, 3.63) is 7.11 Å². The van der Waals surface area contributed by atoms with Gasteiger partial charge in [0.25, 0.3) is 0 Å². The number of carbonyl (C=O) groups excluding carboxylic acids is 1. The Bertz CT molecular complexity index is 80.4. The number of ether oxygens (including phenoxy) is 2. The number of hydrogen-bond acceptors (Lipinski definition) is 3. The van der Waals surface area contributed by atoms with E-state index >= 15 is 0 Å². The molecule has 0 bridgehead atoms. The van der Waals surface area contributed by atoms with Crippen LogP contribution < -0.4 is 0 Å². The van der Waals surface area contributed by atoms with E-state index in [0.29, 0.717) is 19.6 Å². The van der Waals surface area contributed by atoms with Crippen molar-refractivity contribution in [2.75, 3.05) is 13.2 Å². The van der Waals surface area contributed by atoms with Crippen molar-refractivity contribution in [3.63, 3.8) is 0 Å². The number of esters is 1. The average Bonchev–Trinajstić information content (AvgIpc) is 1.80. The van der Waals surface area contributed by atoms with Gasteiger partial charge in [-0.25, -0.2) is 0 Å². The Hall–Kier alpha value is -0.570. The first-order chi connectivity index (χ1) is 4.27. The Morgan fingerprint density at radius 2 is 2.22 bits per heavy atom. The molecule has 3 heteroatoms. The fraction of sp³-hybridized carbons (Fsp3) is 0.667. The SMILES string of the molecule is [CH2]OCCCOC(C)=O. The van der Waals surface area contributed by atoms with Crippen molar-refractivity contribution < 1.29 is 14.3 Å². The summed E-state index contributed by atoms with van der Waals surface area (Å²) in [6.07, 6.45) is 0.711. The summed E-state index contributed by atoms with van der Waals surface area (Å²) < 4.78 is 9.08. The quantitative estimate of drug-likeness (QED) is 0.417. The summed E-state index contributed by atoms with van der Waals surface area (Å²) in [5.74, 6) is -0.251. The second-order valence-electron chi connectivity index (χ2n) is 1.60. The second kappa shape index (κ2) is 5.56. The molecule has 0 aromatic carbocycles. The summed E-state index contributed by atoms with van der Waals surface area (Å²) in [4.78, 5) is 10.1. The lowest BCUT2D eigenvalue weighted by Gasteiger charge is -1.98. The van der Waals surface area contributed by atoms with Gasteiger partial charge in [0.15, 0.2) is 0 Å². The molecule has 0 amide bonds. The van der Waals surface area contributed by atoms with Crippen LogP contribution in [0.3, 0.4) is 0 Å². The van der Waals surface area contributed by atoms with E-state index in [1.54, 1.807) is 0 Å². The van der Waals surface area contributed by atoms with Crippen molar-refractivity contribution in [2.45, 2.75) is 13.3 Å². The monoisotopic (exact) mass is 131 g/mol. The average molecular weight is 131 g/mol. The van der Waals surface area contributed by atoms with Gasteiger partial charge in [-0.3, -0.25) is 4.79 Å². The van der Waals surface area contributed by atoms with E-state index in [4.69, 9.17) is 0 Å². The van der Waals surface area contributed by atoms with Crippen LogP contribution in [-0.4, -0.2) is 19.2 Å². The molecule has 3 nitrogen and oxygen atoms in total. The van der Waals surface area contributed by atoms with Crippen LogP contribution in [0, 0.1) is 7.11 Å². The van der Waals surface area contributed by atoms with Gasteiger partial charge in [-0.05, 0) is 0 Å². The van der Waals surface area contributed by atoms with Crippen LogP contribution in [-0.2, 0) is 14.3 Å². The first-order valence-corrected chi connectivity index (χ1v) is 2.77. The highest BCUT2D eigenvalue weighted by Crippen LogP contribution is 1.83. The van der Waals surface area contributed by atoms with Crippen molar-refractivity contribution in [1.82, 2.24) is 0 Å². The zero-order valence-electron chi connectivity index (χ0n) is 5.55. The fourth-order valence-corrected chi connectivity index (χ4v) is 0.377. The zero-order chi connectivity index (χ0) is 7.11. The maximum absolute atomic E-state index is 10.1. The molecule has 0 rings (SSSR count). The summed E-state index contributed by atoms with van der Waals surface area (Å²) in [7, 11) is 3.16. The summed E-state index contributed by atoms with van der Waals surface area (Å²) in [6.45, 7) is 2.34. The van der Waals surface area contributed by atoms with E-state index in [2.05, 4.69) is 16.6 Å². The van der Waals surface area contributed by atoms with Crippen LogP contribution >= 0.6 is 0 Å². The van der Waals surface area contributed by atoms with Crippen LogP contribution in [0.2, 0.25) is 0 Å². The third kappa shape index (κ3) is 7.43. The third-order valence-corrected chi connectivity index (χ3v) is 0.738. The van der Waals surface area contributed by atoms with E-state index in [9.17, 15) is 4.79 Å². The minimum atomic E-state index is -0.251. The highest BCUT2D eigenvalue weighted by molar-refractivity contribution is 5.65. The van der Waals surface area contributed by atoms with Crippen LogP contribution in [0.4, 0.5) is 0 Å². The van der Waals surface area contributed by atoms with Crippen molar-refractivity contribution in [3.8, 4) is 0 Å². The molecular formula is C6H11O3. The number of carbonyl (C=O) groups is 1. The Balaban J connectivity index is 2.83. The smallest absolute Gasteiger partial charge is 0.302 e. The van der Waals surface area contributed by atoms with Gasteiger partial charge in [0, 0.05) is 20.0 Å². The number of hydrogen-bond donors (Lipinski definition) is 0. The summed E-state index contributed by atoms with van der Waals surface area (Å²) in [5, 5.41) is 0. The predicted molar refractivity (Wildman–Crippen MR) is 32.6 cm³/mol. The van der Waals surface area contributed by atoms with Crippen LogP contribution in [0.1, 0.15) is 13.3 Å². The Kier molecular flexibility index (Phi) is 5.21. The molecule has 0 spiro atoms. The molecule has 0 aliphatic carbocycles.